The fourth-order valence-corrected chi connectivity index (χ4v) is 3.03. The molecule has 0 amide bonds. The molecule has 1 aliphatic rings. The molecule has 0 radical (unpaired) electrons. The molecule has 0 heterocycles. The van der Waals surface area contributed by atoms with E-state index in [-0.39, 0.29) is 0 Å². The first-order valence-electron chi connectivity index (χ1n) is 6.42. The third kappa shape index (κ3) is 2.69. The summed E-state index contributed by atoms with van der Waals surface area (Å²) in [4.78, 5) is 11.2. The first-order chi connectivity index (χ1) is 9.06. The van der Waals surface area contributed by atoms with Crippen LogP contribution in [0.2, 0.25) is 5.02 Å². The molecule has 0 bridgehead atoms. The zero-order valence-corrected chi connectivity index (χ0v) is 11.7. The van der Waals surface area contributed by atoms with Crippen molar-refractivity contribution in [3.05, 3.63) is 27.8 Å². The fraction of sp³-hybridized carbons (Fsp3) is 0.500. The molecule has 0 fully saturated rings. The highest BCUT2D eigenvalue weighted by Crippen LogP contribution is 2.39. The van der Waals surface area contributed by atoms with E-state index in [1.165, 1.54) is 7.11 Å². The molecule has 2 rings (SSSR count). The lowest BCUT2D eigenvalue weighted by Crippen LogP contribution is -2.23. The van der Waals surface area contributed by atoms with Gasteiger partial charge >= 0.3 is 5.97 Å². The quantitative estimate of drug-likeness (QED) is 0.837. The van der Waals surface area contributed by atoms with Crippen molar-refractivity contribution in [3.8, 4) is 5.75 Å². The van der Waals surface area contributed by atoms with Crippen LogP contribution in [-0.4, -0.2) is 18.2 Å². The van der Waals surface area contributed by atoms with Crippen LogP contribution in [0.4, 0.5) is 0 Å². The van der Waals surface area contributed by atoms with Crippen molar-refractivity contribution in [2.75, 3.05) is 7.11 Å². The van der Waals surface area contributed by atoms with Crippen LogP contribution in [0.1, 0.15) is 42.0 Å². The second kappa shape index (κ2) is 5.80. The number of halogens is 1. The van der Waals surface area contributed by atoms with Gasteiger partial charge in [0.05, 0.1) is 12.1 Å². The normalized spacial score (nSPS) is 16.4. The van der Waals surface area contributed by atoms with Gasteiger partial charge in [-0.05, 0) is 42.9 Å². The van der Waals surface area contributed by atoms with Gasteiger partial charge in [-0.2, -0.15) is 0 Å². The van der Waals surface area contributed by atoms with Crippen molar-refractivity contribution >= 4 is 17.6 Å². The third-order valence-corrected chi connectivity index (χ3v) is 3.91. The van der Waals surface area contributed by atoms with Gasteiger partial charge < -0.3 is 15.6 Å². The van der Waals surface area contributed by atoms with E-state index in [2.05, 4.69) is 0 Å². The summed E-state index contributed by atoms with van der Waals surface area (Å²) in [7, 11) is 1.49. The average Bonchev–Trinajstić information content (AvgIpc) is 2.61. The number of aryl methyl sites for hydroxylation is 1. The minimum absolute atomic E-state index is 0.400. The van der Waals surface area contributed by atoms with Gasteiger partial charge in [0, 0.05) is 5.56 Å². The van der Waals surface area contributed by atoms with Crippen LogP contribution < -0.4 is 10.5 Å². The van der Waals surface area contributed by atoms with Gasteiger partial charge in [0.1, 0.15) is 11.8 Å². The Labute approximate surface area is 117 Å². The SMILES string of the molecule is COc1c(Cl)cc2c(c1C(N)C(=O)O)CCCCC2. The summed E-state index contributed by atoms with van der Waals surface area (Å²) < 4.78 is 5.28. The Bertz CT molecular complexity index is 502. The molecular formula is C14H18ClNO3. The summed E-state index contributed by atoms with van der Waals surface area (Å²) in [6, 6.07) is 0.791. The second-order valence-electron chi connectivity index (χ2n) is 4.82. The van der Waals surface area contributed by atoms with Crippen molar-refractivity contribution in [1.29, 1.82) is 0 Å². The Morgan fingerprint density at radius 3 is 2.74 bits per heavy atom. The number of methoxy groups -OCH3 is 1. The Morgan fingerprint density at radius 2 is 2.11 bits per heavy atom. The van der Waals surface area contributed by atoms with Crippen LogP contribution in [0, 0.1) is 0 Å². The number of hydrogen-bond donors (Lipinski definition) is 2. The van der Waals surface area contributed by atoms with E-state index in [1.54, 1.807) is 0 Å². The van der Waals surface area contributed by atoms with Crippen LogP contribution >= 0.6 is 11.6 Å². The number of hydrogen-bond acceptors (Lipinski definition) is 3. The maximum absolute atomic E-state index is 11.2. The van der Waals surface area contributed by atoms with Gasteiger partial charge in [-0.3, -0.25) is 4.79 Å². The van der Waals surface area contributed by atoms with Crippen LogP contribution in [0.5, 0.6) is 5.75 Å². The molecule has 0 aromatic heterocycles. The van der Waals surface area contributed by atoms with E-state index < -0.39 is 12.0 Å². The first-order valence-corrected chi connectivity index (χ1v) is 6.80. The largest absolute Gasteiger partial charge is 0.495 e. The fourth-order valence-electron chi connectivity index (χ4n) is 2.72. The molecule has 1 unspecified atom stereocenters. The summed E-state index contributed by atoms with van der Waals surface area (Å²) in [5.41, 5.74) is 8.48. The van der Waals surface area contributed by atoms with Crippen molar-refractivity contribution < 1.29 is 14.6 Å². The van der Waals surface area contributed by atoms with Crippen molar-refractivity contribution in [2.45, 2.75) is 38.1 Å². The number of aliphatic carboxylic acids is 1. The highest BCUT2D eigenvalue weighted by molar-refractivity contribution is 6.32. The molecule has 0 spiro atoms. The molecule has 4 nitrogen and oxygen atoms in total. The Balaban J connectivity index is 2.65. The highest BCUT2D eigenvalue weighted by Gasteiger charge is 2.27. The highest BCUT2D eigenvalue weighted by atomic mass is 35.5. The first kappa shape index (κ1) is 14.2. The van der Waals surface area contributed by atoms with Crippen LogP contribution in [0.25, 0.3) is 0 Å². The molecule has 3 N–H and O–H groups in total. The van der Waals surface area contributed by atoms with Crippen LogP contribution in [-0.2, 0) is 17.6 Å². The minimum atomic E-state index is -1.10. The molecular weight excluding hydrogens is 266 g/mol. The van der Waals surface area contributed by atoms with Gasteiger partial charge in [0.15, 0.2) is 0 Å². The number of rotatable bonds is 3. The molecule has 1 atom stereocenters. The standard InChI is InChI=1S/C14H18ClNO3/c1-19-13-10(15)7-8-5-3-2-4-6-9(8)11(13)12(16)14(17)18/h7,12H,2-6,16H2,1H3,(H,17,18). The Hall–Kier alpha value is -1.26. The predicted molar refractivity (Wildman–Crippen MR) is 73.8 cm³/mol. The van der Waals surface area contributed by atoms with Gasteiger partial charge in [-0.25, -0.2) is 0 Å². The summed E-state index contributed by atoms with van der Waals surface area (Å²) in [5, 5.41) is 9.63. The number of fused-ring (bicyclic) bond motifs is 1. The van der Waals surface area contributed by atoms with E-state index in [0.29, 0.717) is 16.3 Å². The average molecular weight is 284 g/mol. The van der Waals surface area contributed by atoms with E-state index in [1.807, 2.05) is 6.07 Å². The third-order valence-electron chi connectivity index (χ3n) is 3.63. The molecule has 5 heteroatoms. The molecule has 0 saturated carbocycles. The van der Waals surface area contributed by atoms with Gasteiger partial charge in [-0.15, -0.1) is 0 Å². The van der Waals surface area contributed by atoms with Crippen LogP contribution in [0.3, 0.4) is 0 Å². The molecule has 1 aliphatic carbocycles. The zero-order valence-electron chi connectivity index (χ0n) is 10.9. The smallest absolute Gasteiger partial charge is 0.325 e. The summed E-state index contributed by atoms with van der Waals surface area (Å²) in [6.45, 7) is 0. The number of carboxylic acid groups (broad SMARTS) is 1. The summed E-state index contributed by atoms with van der Waals surface area (Å²) >= 11 is 6.20. The number of nitrogens with two attached hydrogens (primary N) is 1. The van der Waals surface area contributed by atoms with Crippen LogP contribution in [0.15, 0.2) is 6.07 Å². The maximum Gasteiger partial charge on any atom is 0.325 e. The van der Waals surface area contributed by atoms with Gasteiger partial charge in [0.25, 0.3) is 0 Å². The topological polar surface area (TPSA) is 72.5 Å². The minimum Gasteiger partial charge on any atom is -0.495 e. The predicted octanol–water partition coefficient (Wildman–Crippen LogP) is 2.70. The van der Waals surface area contributed by atoms with E-state index in [4.69, 9.17) is 22.1 Å². The molecule has 0 aliphatic heterocycles. The molecule has 1 aromatic rings. The van der Waals surface area contributed by atoms with Gasteiger partial charge in [0.2, 0.25) is 0 Å². The van der Waals surface area contributed by atoms with E-state index in [0.717, 1.165) is 43.2 Å². The Kier molecular flexibility index (Phi) is 4.32. The van der Waals surface area contributed by atoms with Crippen molar-refractivity contribution in [1.82, 2.24) is 0 Å². The lowest BCUT2D eigenvalue weighted by atomic mass is 9.92. The van der Waals surface area contributed by atoms with Crippen molar-refractivity contribution in [2.24, 2.45) is 5.73 Å². The Morgan fingerprint density at radius 1 is 1.42 bits per heavy atom. The zero-order chi connectivity index (χ0) is 14.0. The molecule has 104 valence electrons. The lowest BCUT2D eigenvalue weighted by molar-refractivity contribution is -0.138. The monoisotopic (exact) mass is 283 g/mol. The number of carbonyl (C=O) groups is 1. The molecule has 19 heavy (non-hydrogen) atoms. The maximum atomic E-state index is 11.2. The van der Waals surface area contributed by atoms with E-state index >= 15 is 0 Å². The lowest BCUT2D eigenvalue weighted by Gasteiger charge is -2.20. The molecule has 1 aromatic carbocycles. The number of benzene rings is 1. The number of ether oxygens (including phenoxy) is 1. The molecule has 0 saturated heterocycles. The second-order valence-corrected chi connectivity index (χ2v) is 5.23. The summed E-state index contributed by atoms with van der Waals surface area (Å²) in [5.74, 6) is -0.663. The van der Waals surface area contributed by atoms with Crippen molar-refractivity contribution in [3.63, 3.8) is 0 Å². The van der Waals surface area contributed by atoms with Gasteiger partial charge in [-0.1, -0.05) is 18.0 Å². The number of carboxylic acids is 1. The van der Waals surface area contributed by atoms with E-state index in [9.17, 15) is 9.90 Å². The summed E-state index contributed by atoms with van der Waals surface area (Å²) in [6.07, 6.45) is 5.02.